The summed E-state index contributed by atoms with van der Waals surface area (Å²) >= 11 is 12.3. The zero-order valence-corrected chi connectivity index (χ0v) is 18.9. The van der Waals surface area contributed by atoms with E-state index in [0.29, 0.717) is 38.2 Å². The van der Waals surface area contributed by atoms with Crippen LogP contribution in [0.25, 0.3) is 5.57 Å². The molecule has 164 valence electrons. The molecule has 3 aromatic carbocycles. The zero-order chi connectivity index (χ0) is 22.9. The molecular formula is C25H20Cl2O5. The number of rotatable bonds is 6. The maximum Gasteiger partial charge on any atom is 0.342 e. The van der Waals surface area contributed by atoms with Crippen molar-refractivity contribution in [2.24, 2.45) is 0 Å². The van der Waals surface area contributed by atoms with E-state index < -0.39 is 11.8 Å². The Morgan fingerprint density at radius 3 is 2.03 bits per heavy atom. The number of hydrogen-bond donors (Lipinski definition) is 1. The van der Waals surface area contributed by atoms with Gasteiger partial charge in [0, 0.05) is 17.6 Å². The average Bonchev–Trinajstić information content (AvgIpc) is 3.06. The Balaban J connectivity index is 1.87. The smallest absolute Gasteiger partial charge is 0.342 e. The van der Waals surface area contributed by atoms with Crippen molar-refractivity contribution in [2.45, 2.75) is 12.2 Å². The molecule has 0 bridgehead atoms. The molecule has 0 amide bonds. The van der Waals surface area contributed by atoms with Gasteiger partial charge in [-0.1, -0.05) is 41.4 Å². The van der Waals surface area contributed by atoms with Gasteiger partial charge in [0.15, 0.2) is 0 Å². The maximum atomic E-state index is 13.0. The third-order valence-corrected chi connectivity index (χ3v) is 6.12. The molecule has 1 atom stereocenters. The van der Waals surface area contributed by atoms with Gasteiger partial charge in [0.1, 0.15) is 11.5 Å². The molecule has 0 aliphatic carbocycles. The number of methoxy groups -OCH3 is 2. The van der Waals surface area contributed by atoms with Gasteiger partial charge in [-0.25, -0.2) is 4.79 Å². The van der Waals surface area contributed by atoms with Gasteiger partial charge < -0.3 is 19.3 Å². The first-order valence-corrected chi connectivity index (χ1v) is 10.5. The summed E-state index contributed by atoms with van der Waals surface area (Å²) in [6.07, 6.45) is 0.258. The van der Waals surface area contributed by atoms with Crippen molar-refractivity contribution in [3.05, 3.63) is 99.0 Å². The van der Waals surface area contributed by atoms with E-state index in [9.17, 15) is 9.90 Å². The van der Waals surface area contributed by atoms with E-state index in [0.717, 1.165) is 5.56 Å². The van der Waals surface area contributed by atoms with E-state index in [-0.39, 0.29) is 12.0 Å². The van der Waals surface area contributed by atoms with Gasteiger partial charge in [-0.05, 0) is 59.7 Å². The number of halogens is 2. The molecule has 0 fully saturated rings. The van der Waals surface area contributed by atoms with Crippen molar-refractivity contribution in [1.82, 2.24) is 0 Å². The van der Waals surface area contributed by atoms with Crippen LogP contribution in [-0.4, -0.2) is 25.3 Å². The lowest BCUT2D eigenvalue weighted by atomic mass is 9.88. The molecule has 32 heavy (non-hydrogen) atoms. The van der Waals surface area contributed by atoms with Crippen molar-refractivity contribution < 1.29 is 24.1 Å². The highest BCUT2D eigenvalue weighted by Crippen LogP contribution is 2.45. The quantitative estimate of drug-likeness (QED) is 0.488. The molecule has 1 aliphatic rings. The number of hydrogen-bond acceptors (Lipinski definition) is 5. The Morgan fingerprint density at radius 2 is 1.47 bits per heavy atom. The van der Waals surface area contributed by atoms with Crippen LogP contribution in [0.3, 0.4) is 0 Å². The number of carbonyl (C=O) groups excluding carboxylic acids is 1. The molecule has 0 spiro atoms. The Hall–Kier alpha value is -2.99. The van der Waals surface area contributed by atoms with Crippen LogP contribution in [0.5, 0.6) is 11.5 Å². The first kappa shape index (κ1) is 22.2. The zero-order valence-electron chi connectivity index (χ0n) is 17.4. The van der Waals surface area contributed by atoms with E-state index in [1.54, 1.807) is 56.7 Å². The molecule has 0 unspecified atom stereocenters. The molecule has 1 aliphatic heterocycles. The highest BCUT2D eigenvalue weighted by molar-refractivity contribution is 6.42. The van der Waals surface area contributed by atoms with Gasteiger partial charge >= 0.3 is 5.97 Å². The molecule has 7 heteroatoms. The summed E-state index contributed by atoms with van der Waals surface area (Å²) in [6.45, 7) is 0. The predicted molar refractivity (Wildman–Crippen MR) is 123 cm³/mol. The summed E-state index contributed by atoms with van der Waals surface area (Å²) in [5, 5.41) is 12.3. The molecule has 1 N–H and O–H groups in total. The summed E-state index contributed by atoms with van der Waals surface area (Å²) in [4.78, 5) is 13.0. The molecule has 0 aromatic heterocycles. The maximum absolute atomic E-state index is 13.0. The van der Waals surface area contributed by atoms with Gasteiger partial charge in [0.05, 0.1) is 29.8 Å². The first-order chi connectivity index (χ1) is 15.4. The lowest BCUT2D eigenvalue weighted by Gasteiger charge is -2.26. The van der Waals surface area contributed by atoms with Gasteiger partial charge in [-0.2, -0.15) is 0 Å². The number of cyclic esters (lactones) is 1. The van der Waals surface area contributed by atoms with Crippen molar-refractivity contribution in [3.63, 3.8) is 0 Å². The Labute approximate surface area is 195 Å². The molecule has 4 rings (SSSR count). The first-order valence-electron chi connectivity index (χ1n) is 9.78. The Kier molecular flexibility index (Phi) is 6.15. The van der Waals surface area contributed by atoms with Crippen LogP contribution >= 0.6 is 23.2 Å². The summed E-state index contributed by atoms with van der Waals surface area (Å²) in [7, 11) is 3.14. The molecule has 1 heterocycles. The Morgan fingerprint density at radius 1 is 0.875 bits per heavy atom. The Bertz CT molecular complexity index is 1190. The number of benzene rings is 3. The fourth-order valence-electron chi connectivity index (χ4n) is 3.69. The summed E-state index contributed by atoms with van der Waals surface area (Å²) < 4.78 is 16.0. The minimum absolute atomic E-state index is 0.248. The molecule has 0 saturated carbocycles. The van der Waals surface area contributed by atoms with E-state index >= 15 is 0 Å². The van der Waals surface area contributed by atoms with Crippen LogP contribution in [0.2, 0.25) is 10.0 Å². The molecule has 0 saturated heterocycles. The topological polar surface area (TPSA) is 65.0 Å². The molecule has 3 aromatic rings. The number of ether oxygens (including phenoxy) is 3. The third-order valence-electron chi connectivity index (χ3n) is 5.38. The largest absolute Gasteiger partial charge is 0.497 e. The van der Waals surface area contributed by atoms with Gasteiger partial charge in [-0.15, -0.1) is 0 Å². The number of esters is 1. The van der Waals surface area contributed by atoms with Crippen LogP contribution < -0.4 is 9.47 Å². The van der Waals surface area contributed by atoms with Crippen molar-refractivity contribution in [2.75, 3.05) is 14.2 Å². The normalized spacial score (nSPS) is 18.0. The van der Waals surface area contributed by atoms with Gasteiger partial charge in [-0.3, -0.25) is 0 Å². The summed E-state index contributed by atoms with van der Waals surface area (Å²) in [6, 6.07) is 19.0. The number of aliphatic hydroxyl groups is 1. The van der Waals surface area contributed by atoms with E-state index in [2.05, 4.69) is 0 Å². The number of carbonyl (C=O) groups is 1. The highest BCUT2D eigenvalue weighted by atomic mass is 35.5. The molecule has 5 nitrogen and oxygen atoms in total. The highest BCUT2D eigenvalue weighted by Gasteiger charge is 2.48. The van der Waals surface area contributed by atoms with E-state index in [4.69, 9.17) is 37.4 Å². The minimum Gasteiger partial charge on any atom is -0.497 e. The second-order valence-corrected chi connectivity index (χ2v) is 8.08. The van der Waals surface area contributed by atoms with E-state index in [1.165, 1.54) is 0 Å². The van der Waals surface area contributed by atoms with Crippen LogP contribution in [0, 0.1) is 0 Å². The summed E-state index contributed by atoms with van der Waals surface area (Å²) in [5.74, 6) is -1.28. The van der Waals surface area contributed by atoms with Gasteiger partial charge in [0.25, 0.3) is 5.79 Å². The molecule has 0 radical (unpaired) electrons. The van der Waals surface area contributed by atoms with Crippen LogP contribution in [0.4, 0.5) is 0 Å². The van der Waals surface area contributed by atoms with Gasteiger partial charge in [0.2, 0.25) is 0 Å². The lowest BCUT2D eigenvalue weighted by Crippen LogP contribution is -2.29. The molecular weight excluding hydrogens is 451 g/mol. The monoisotopic (exact) mass is 470 g/mol. The average molecular weight is 471 g/mol. The predicted octanol–water partition coefficient (Wildman–Crippen LogP) is 5.41. The minimum atomic E-state index is -1.95. The second kappa shape index (κ2) is 8.87. The fourth-order valence-corrected chi connectivity index (χ4v) is 3.99. The third kappa shape index (κ3) is 4.07. The van der Waals surface area contributed by atoms with E-state index in [1.807, 2.05) is 24.3 Å². The lowest BCUT2D eigenvalue weighted by molar-refractivity contribution is -0.185. The SMILES string of the molecule is COc1ccc(CC2=C(c3ccc(Cl)c(Cl)c3)C(=O)O[C@@]2(O)c2ccc(OC)cc2)cc1. The van der Waals surface area contributed by atoms with Crippen molar-refractivity contribution in [1.29, 1.82) is 0 Å². The standard InChI is InChI=1S/C25H20Cl2O5/c1-30-18-8-3-15(4-9-18)13-20-23(16-5-12-21(26)22(27)14-16)24(28)32-25(20,29)17-6-10-19(31-2)11-7-17/h3-12,14,29H,13H2,1-2H3/t25-/m0/s1. The summed E-state index contributed by atoms with van der Waals surface area (Å²) in [5.41, 5.74) is 2.43. The fraction of sp³-hybridized carbons (Fsp3) is 0.160. The second-order valence-electron chi connectivity index (χ2n) is 7.27. The van der Waals surface area contributed by atoms with Crippen LogP contribution in [0.15, 0.2) is 72.3 Å². The van der Waals surface area contributed by atoms with Crippen molar-refractivity contribution >= 4 is 34.7 Å². The van der Waals surface area contributed by atoms with Crippen LogP contribution in [-0.2, 0) is 21.7 Å². The van der Waals surface area contributed by atoms with Crippen molar-refractivity contribution in [3.8, 4) is 11.5 Å². The van der Waals surface area contributed by atoms with Crippen LogP contribution in [0.1, 0.15) is 16.7 Å².